The summed E-state index contributed by atoms with van der Waals surface area (Å²) in [4.78, 5) is 0. The van der Waals surface area contributed by atoms with Gasteiger partial charge in [0, 0.05) is 22.3 Å². The molecule has 0 amide bonds. The number of hydrogen-bond donors (Lipinski definition) is 3. The molecule has 2 aromatic rings. The number of nitrogens with one attached hydrogen (secondary N) is 1. The van der Waals surface area contributed by atoms with Gasteiger partial charge in [-0.15, -0.1) is 0 Å². The summed E-state index contributed by atoms with van der Waals surface area (Å²) in [5.41, 5.74) is 7.51. The number of halogens is 2. The molecule has 1 atom stereocenters. The molecule has 0 saturated heterocycles. The van der Waals surface area contributed by atoms with E-state index in [0.29, 0.717) is 16.6 Å². The number of nitrogens with zero attached hydrogens (tertiary/aromatic N) is 1. The van der Waals surface area contributed by atoms with Gasteiger partial charge in [-0.1, -0.05) is 58.7 Å². The topological polar surface area (TPSA) is 70.6 Å². The van der Waals surface area contributed by atoms with Crippen LogP contribution in [0.5, 0.6) is 0 Å². The quantitative estimate of drug-likeness (QED) is 0.338. The molecule has 110 valence electrons. The molecule has 0 saturated carbocycles. The van der Waals surface area contributed by atoms with E-state index in [1.165, 1.54) is 0 Å². The second-order valence-electron chi connectivity index (χ2n) is 4.53. The highest BCUT2D eigenvalue weighted by molar-refractivity contribution is 6.35. The fourth-order valence-electron chi connectivity index (χ4n) is 2.02. The number of oxime groups is 1. The lowest BCUT2D eigenvalue weighted by molar-refractivity contribution is 0.316. The van der Waals surface area contributed by atoms with Gasteiger partial charge in [-0.25, -0.2) is 0 Å². The lowest BCUT2D eigenvalue weighted by Gasteiger charge is -2.17. The summed E-state index contributed by atoms with van der Waals surface area (Å²) in [6.07, 6.45) is 0. The van der Waals surface area contributed by atoms with Crippen molar-refractivity contribution in [1.29, 1.82) is 0 Å². The summed E-state index contributed by atoms with van der Waals surface area (Å²) in [5, 5.41) is 16.4. The van der Waals surface area contributed by atoms with Crippen LogP contribution < -0.4 is 11.1 Å². The SMILES string of the molecule is NC(=NO)C(CNc1cc(Cl)cc(Cl)c1)c1ccccc1. The molecule has 0 aliphatic heterocycles. The molecule has 1 unspecified atom stereocenters. The van der Waals surface area contributed by atoms with Crippen molar-refractivity contribution in [3.8, 4) is 0 Å². The Kier molecular flexibility index (Phi) is 5.31. The Hall–Kier alpha value is -1.91. The standard InChI is InChI=1S/C15H15Cl2N3O/c16-11-6-12(17)8-13(7-11)19-9-14(15(18)20-21)10-4-2-1-3-5-10/h1-8,14,19,21H,9H2,(H2,18,20). The van der Waals surface area contributed by atoms with Crippen molar-refractivity contribution in [3.63, 3.8) is 0 Å². The lowest BCUT2D eigenvalue weighted by atomic mass is 9.98. The molecule has 0 radical (unpaired) electrons. The molecule has 0 bridgehead atoms. The minimum absolute atomic E-state index is 0.141. The highest BCUT2D eigenvalue weighted by atomic mass is 35.5. The summed E-state index contributed by atoms with van der Waals surface area (Å²) in [6, 6.07) is 14.8. The number of amidine groups is 1. The average molecular weight is 324 g/mol. The third-order valence-corrected chi connectivity index (χ3v) is 3.48. The molecule has 2 aromatic carbocycles. The predicted octanol–water partition coefficient (Wildman–Crippen LogP) is 3.94. The van der Waals surface area contributed by atoms with Crippen molar-refractivity contribution in [2.24, 2.45) is 10.9 Å². The Labute approximate surface area is 133 Å². The zero-order valence-electron chi connectivity index (χ0n) is 11.1. The van der Waals surface area contributed by atoms with Crippen LogP contribution in [-0.2, 0) is 0 Å². The van der Waals surface area contributed by atoms with E-state index in [1.807, 2.05) is 30.3 Å². The third-order valence-electron chi connectivity index (χ3n) is 3.05. The minimum atomic E-state index is -0.256. The van der Waals surface area contributed by atoms with Gasteiger partial charge >= 0.3 is 0 Å². The van der Waals surface area contributed by atoms with Crippen LogP contribution in [0.1, 0.15) is 11.5 Å². The van der Waals surface area contributed by atoms with Crippen molar-refractivity contribution in [2.75, 3.05) is 11.9 Å². The molecule has 2 rings (SSSR count). The zero-order chi connectivity index (χ0) is 15.2. The van der Waals surface area contributed by atoms with Gasteiger partial charge in [0.2, 0.25) is 0 Å². The first kappa shape index (κ1) is 15.5. The monoisotopic (exact) mass is 323 g/mol. The summed E-state index contributed by atoms with van der Waals surface area (Å²) in [6.45, 7) is 0.455. The van der Waals surface area contributed by atoms with Crippen LogP contribution >= 0.6 is 23.2 Å². The van der Waals surface area contributed by atoms with E-state index in [9.17, 15) is 0 Å². The Morgan fingerprint density at radius 2 is 1.76 bits per heavy atom. The van der Waals surface area contributed by atoms with Crippen LogP contribution in [0.15, 0.2) is 53.7 Å². The number of benzene rings is 2. The summed E-state index contributed by atoms with van der Waals surface area (Å²) in [7, 11) is 0. The van der Waals surface area contributed by atoms with Gasteiger partial charge < -0.3 is 16.3 Å². The zero-order valence-corrected chi connectivity index (χ0v) is 12.6. The van der Waals surface area contributed by atoms with E-state index >= 15 is 0 Å². The fourth-order valence-corrected chi connectivity index (χ4v) is 2.55. The lowest BCUT2D eigenvalue weighted by Crippen LogP contribution is -2.28. The van der Waals surface area contributed by atoms with Crippen molar-refractivity contribution in [1.82, 2.24) is 0 Å². The predicted molar refractivity (Wildman–Crippen MR) is 87.5 cm³/mol. The van der Waals surface area contributed by atoms with Crippen molar-refractivity contribution in [2.45, 2.75) is 5.92 Å². The summed E-state index contributed by atoms with van der Waals surface area (Å²) < 4.78 is 0. The van der Waals surface area contributed by atoms with Gasteiger partial charge in [-0.2, -0.15) is 0 Å². The first-order valence-corrected chi connectivity index (χ1v) is 7.08. The van der Waals surface area contributed by atoms with Gasteiger partial charge in [0.1, 0.15) is 5.84 Å². The van der Waals surface area contributed by atoms with E-state index in [0.717, 1.165) is 11.3 Å². The van der Waals surface area contributed by atoms with Gasteiger partial charge in [-0.05, 0) is 23.8 Å². The third kappa shape index (κ3) is 4.28. The highest BCUT2D eigenvalue weighted by Crippen LogP contribution is 2.24. The Morgan fingerprint density at radius 1 is 1.14 bits per heavy atom. The fraction of sp³-hybridized carbons (Fsp3) is 0.133. The molecule has 6 heteroatoms. The number of hydrogen-bond acceptors (Lipinski definition) is 3. The maximum atomic E-state index is 8.94. The van der Waals surface area contributed by atoms with E-state index < -0.39 is 0 Å². The van der Waals surface area contributed by atoms with Gasteiger partial charge in [0.25, 0.3) is 0 Å². The minimum Gasteiger partial charge on any atom is -0.409 e. The van der Waals surface area contributed by atoms with Crippen LogP contribution in [0.3, 0.4) is 0 Å². The molecule has 4 nitrogen and oxygen atoms in total. The highest BCUT2D eigenvalue weighted by Gasteiger charge is 2.16. The number of nitrogens with two attached hydrogens (primary N) is 1. The Bertz CT molecular complexity index is 612. The van der Waals surface area contributed by atoms with Crippen LogP contribution in [0.2, 0.25) is 10.0 Å². The molecular formula is C15H15Cl2N3O. The maximum Gasteiger partial charge on any atom is 0.148 e. The first-order chi connectivity index (χ1) is 10.1. The van der Waals surface area contributed by atoms with E-state index in [1.54, 1.807) is 18.2 Å². The molecule has 0 aliphatic carbocycles. The first-order valence-electron chi connectivity index (χ1n) is 6.32. The van der Waals surface area contributed by atoms with Gasteiger partial charge in [0.15, 0.2) is 0 Å². The molecule has 4 N–H and O–H groups in total. The second-order valence-corrected chi connectivity index (χ2v) is 5.40. The Morgan fingerprint density at radius 3 is 2.33 bits per heavy atom. The van der Waals surface area contributed by atoms with Crippen LogP contribution in [0.25, 0.3) is 0 Å². The largest absolute Gasteiger partial charge is 0.409 e. The second kappa shape index (κ2) is 7.20. The molecular weight excluding hydrogens is 309 g/mol. The average Bonchev–Trinajstić information content (AvgIpc) is 2.47. The smallest absolute Gasteiger partial charge is 0.148 e. The molecule has 0 spiro atoms. The van der Waals surface area contributed by atoms with E-state index in [2.05, 4.69) is 10.5 Å². The van der Waals surface area contributed by atoms with Crippen molar-refractivity contribution < 1.29 is 5.21 Å². The maximum absolute atomic E-state index is 8.94. The van der Waals surface area contributed by atoms with Gasteiger partial charge in [-0.3, -0.25) is 0 Å². The van der Waals surface area contributed by atoms with E-state index in [4.69, 9.17) is 34.1 Å². The van der Waals surface area contributed by atoms with E-state index in [-0.39, 0.29) is 11.8 Å². The molecule has 0 aromatic heterocycles. The van der Waals surface area contributed by atoms with Crippen LogP contribution in [-0.4, -0.2) is 17.6 Å². The summed E-state index contributed by atoms with van der Waals surface area (Å²) in [5.74, 6) is -0.115. The summed E-state index contributed by atoms with van der Waals surface area (Å²) >= 11 is 11.9. The Balaban J connectivity index is 2.17. The van der Waals surface area contributed by atoms with Crippen molar-refractivity contribution in [3.05, 3.63) is 64.1 Å². The number of rotatable bonds is 5. The normalized spacial score (nSPS) is 13.0. The molecule has 21 heavy (non-hydrogen) atoms. The number of anilines is 1. The molecule has 0 aliphatic rings. The van der Waals surface area contributed by atoms with Crippen molar-refractivity contribution >= 4 is 34.7 Å². The van der Waals surface area contributed by atoms with Gasteiger partial charge in [0.05, 0.1) is 5.92 Å². The van der Waals surface area contributed by atoms with Crippen LogP contribution in [0.4, 0.5) is 5.69 Å². The molecule has 0 fully saturated rings. The molecule has 0 heterocycles. The van der Waals surface area contributed by atoms with Crippen LogP contribution in [0, 0.1) is 0 Å².